The van der Waals surface area contributed by atoms with Crippen molar-refractivity contribution >= 4 is 10.0 Å². The molecule has 2 rings (SSSR count). The molecular weight excluding hydrogens is 302 g/mol. The van der Waals surface area contributed by atoms with Gasteiger partial charge in [-0.3, -0.25) is 4.90 Å². The molecule has 0 aliphatic carbocycles. The lowest BCUT2D eigenvalue weighted by atomic mass is 10.0. The van der Waals surface area contributed by atoms with E-state index in [0.717, 1.165) is 24.5 Å². The Morgan fingerprint density at radius 2 is 2.14 bits per heavy atom. The molecule has 1 saturated heterocycles. The number of β-amino-alcohol motifs (C(OH)–C–C–N with tert-alkyl or cyclic N) is 1. The number of sulfonamides is 1. The topological polar surface area (TPSA) is 69.6 Å². The summed E-state index contributed by atoms with van der Waals surface area (Å²) in [6.07, 6.45) is 0.699. The van der Waals surface area contributed by atoms with Gasteiger partial charge in [-0.05, 0) is 24.6 Å². The zero-order chi connectivity index (χ0) is 15.6. The van der Waals surface area contributed by atoms with E-state index in [4.69, 9.17) is 0 Å². The smallest absolute Gasteiger partial charge is 0.208 e. The maximum atomic E-state index is 13.8. The van der Waals surface area contributed by atoms with Gasteiger partial charge in [0.2, 0.25) is 10.0 Å². The van der Waals surface area contributed by atoms with E-state index in [1.165, 1.54) is 0 Å². The first kappa shape index (κ1) is 16.3. The molecule has 2 atom stereocenters. The monoisotopic (exact) mass is 320 g/mol. The molecule has 5 nitrogen and oxygen atoms in total. The summed E-state index contributed by atoms with van der Waals surface area (Å²) in [5, 5.41) is 9.75. The van der Waals surface area contributed by atoms with Crippen molar-refractivity contribution < 1.29 is 22.3 Å². The average molecular weight is 320 g/mol. The second-order valence-electron chi connectivity index (χ2n) is 5.23. The molecule has 0 radical (unpaired) electrons. The maximum absolute atomic E-state index is 13.8. The molecule has 1 aromatic carbocycles. The molecule has 0 aromatic heterocycles. The van der Waals surface area contributed by atoms with Crippen molar-refractivity contribution in [1.82, 2.24) is 9.62 Å². The predicted octanol–water partition coefficient (Wildman–Crippen LogP) is 0.622. The normalized spacial score (nSPS) is 23.6. The van der Waals surface area contributed by atoms with Crippen molar-refractivity contribution in [2.75, 3.05) is 25.9 Å². The zero-order valence-electron chi connectivity index (χ0n) is 11.6. The van der Waals surface area contributed by atoms with Crippen molar-refractivity contribution in [3.8, 4) is 0 Å². The molecule has 1 aromatic rings. The van der Waals surface area contributed by atoms with Crippen LogP contribution in [0.25, 0.3) is 0 Å². The lowest BCUT2D eigenvalue weighted by Crippen LogP contribution is -2.35. The third kappa shape index (κ3) is 4.44. The van der Waals surface area contributed by atoms with Gasteiger partial charge < -0.3 is 5.11 Å². The van der Waals surface area contributed by atoms with Crippen molar-refractivity contribution in [2.45, 2.75) is 18.6 Å². The molecule has 0 unspecified atom stereocenters. The highest BCUT2D eigenvalue weighted by Gasteiger charge is 2.33. The molecule has 1 heterocycles. The number of nitrogens with zero attached hydrogens (tertiary/aromatic N) is 1. The van der Waals surface area contributed by atoms with Gasteiger partial charge in [-0.2, -0.15) is 0 Å². The molecule has 1 aliphatic rings. The molecule has 0 amide bonds. The summed E-state index contributed by atoms with van der Waals surface area (Å²) in [5.74, 6) is -1.07. The molecule has 0 bridgehead atoms. The van der Waals surface area contributed by atoms with Gasteiger partial charge in [-0.15, -0.1) is 0 Å². The van der Waals surface area contributed by atoms with Crippen molar-refractivity contribution in [2.24, 2.45) is 0 Å². The maximum Gasteiger partial charge on any atom is 0.208 e. The number of likely N-dealkylation sites (tertiary alicyclic amines) is 1. The molecular formula is C13H18F2N2O3S. The Bertz CT molecular complexity index is 609. The Balaban J connectivity index is 2.11. The number of aliphatic hydroxyl groups excluding tert-OH is 1. The van der Waals surface area contributed by atoms with Crippen LogP contribution >= 0.6 is 0 Å². The molecule has 118 valence electrons. The van der Waals surface area contributed by atoms with E-state index >= 15 is 0 Å². The largest absolute Gasteiger partial charge is 0.392 e. The number of hydrogen-bond donors (Lipinski definition) is 2. The van der Waals surface area contributed by atoms with Crippen LogP contribution in [0.1, 0.15) is 18.0 Å². The number of aliphatic hydroxyl groups is 1. The number of nitrogens with one attached hydrogen (secondary N) is 1. The number of benzene rings is 1. The van der Waals surface area contributed by atoms with E-state index in [2.05, 4.69) is 4.72 Å². The first-order chi connectivity index (χ1) is 9.76. The van der Waals surface area contributed by atoms with Gasteiger partial charge in [-0.25, -0.2) is 21.9 Å². The quantitative estimate of drug-likeness (QED) is 0.834. The Hall–Kier alpha value is -1.09. The van der Waals surface area contributed by atoms with Crippen LogP contribution in [-0.4, -0.2) is 50.4 Å². The standard InChI is InChI=1S/C13H18F2N2O3S/c1-21(19,20)16-4-5-17-8-10(18)7-13(17)11-6-9(14)2-3-12(11)15/h2-3,6,10,13,16,18H,4-5,7-8H2,1H3/t10-,13-/m0/s1. The lowest BCUT2D eigenvalue weighted by molar-refractivity contribution is 0.176. The Labute approximate surface area is 122 Å². The molecule has 1 aliphatic heterocycles. The Morgan fingerprint density at radius 1 is 1.43 bits per heavy atom. The van der Waals surface area contributed by atoms with Crippen LogP contribution in [0.15, 0.2) is 18.2 Å². The highest BCUT2D eigenvalue weighted by atomic mass is 32.2. The van der Waals surface area contributed by atoms with Crippen LogP contribution in [0, 0.1) is 11.6 Å². The summed E-state index contributed by atoms with van der Waals surface area (Å²) in [6.45, 7) is 0.760. The molecule has 2 N–H and O–H groups in total. The van der Waals surface area contributed by atoms with Crippen LogP contribution in [0.3, 0.4) is 0 Å². The molecule has 8 heteroatoms. The van der Waals surface area contributed by atoms with Gasteiger partial charge in [-0.1, -0.05) is 0 Å². The first-order valence-corrected chi connectivity index (χ1v) is 8.47. The van der Waals surface area contributed by atoms with Gasteiger partial charge in [0, 0.05) is 31.2 Å². The van der Waals surface area contributed by atoms with Gasteiger partial charge >= 0.3 is 0 Å². The molecule has 21 heavy (non-hydrogen) atoms. The summed E-state index contributed by atoms with van der Waals surface area (Å²) in [5.41, 5.74) is 0.186. The summed E-state index contributed by atoms with van der Waals surface area (Å²) in [4.78, 5) is 1.75. The first-order valence-electron chi connectivity index (χ1n) is 6.58. The lowest BCUT2D eigenvalue weighted by Gasteiger charge is -2.24. The van der Waals surface area contributed by atoms with E-state index in [1.807, 2.05) is 0 Å². The molecule has 0 spiro atoms. The van der Waals surface area contributed by atoms with Crippen LogP contribution in [-0.2, 0) is 10.0 Å². The summed E-state index contributed by atoms with van der Waals surface area (Å²) in [7, 11) is -3.30. The Morgan fingerprint density at radius 3 is 2.81 bits per heavy atom. The number of halogens is 2. The van der Waals surface area contributed by atoms with E-state index in [-0.39, 0.29) is 12.1 Å². The minimum absolute atomic E-state index is 0.152. The van der Waals surface area contributed by atoms with Crippen LogP contribution < -0.4 is 4.72 Å². The van der Waals surface area contributed by atoms with E-state index < -0.39 is 33.8 Å². The van der Waals surface area contributed by atoms with Crippen LogP contribution in [0.4, 0.5) is 8.78 Å². The fraction of sp³-hybridized carbons (Fsp3) is 0.538. The fourth-order valence-electron chi connectivity index (χ4n) is 2.59. The van der Waals surface area contributed by atoms with Gasteiger partial charge in [0.15, 0.2) is 0 Å². The third-order valence-corrected chi connectivity index (χ3v) is 4.19. The SMILES string of the molecule is CS(=O)(=O)NCCN1C[C@@H](O)C[C@H]1c1cc(F)ccc1F. The zero-order valence-corrected chi connectivity index (χ0v) is 12.4. The minimum Gasteiger partial charge on any atom is -0.392 e. The van der Waals surface area contributed by atoms with Crippen molar-refractivity contribution in [1.29, 1.82) is 0 Å². The molecule has 0 saturated carbocycles. The van der Waals surface area contributed by atoms with Gasteiger partial charge in [0.05, 0.1) is 12.4 Å². The minimum atomic E-state index is -3.30. The average Bonchev–Trinajstić information content (AvgIpc) is 2.72. The molecule has 1 fully saturated rings. The summed E-state index contributed by atoms with van der Waals surface area (Å²) < 4.78 is 51.5. The highest BCUT2D eigenvalue weighted by Crippen LogP contribution is 2.33. The van der Waals surface area contributed by atoms with E-state index in [9.17, 15) is 22.3 Å². The van der Waals surface area contributed by atoms with Gasteiger partial charge in [0.1, 0.15) is 11.6 Å². The van der Waals surface area contributed by atoms with Crippen molar-refractivity contribution in [3.63, 3.8) is 0 Å². The van der Waals surface area contributed by atoms with E-state index in [0.29, 0.717) is 19.5 Å². The Kier molecular flexibility index (Phi) is 4.92. The second-order valence-corrected chi connectivity index (χ2v) is 7.07. The number of hydrogen-bond acceptors (Lipinski definition) is 4. The highest BCUT2D eigenvalue weighted by molar-refractivity contribution is 7.88. The summed E-state index contributed by atoms with van der Waals surface area (Å²) >= 11 is 0. The van der Waals surface area contributed by atoms with Crippen molar-refractivity contribution in [3.05, 3.63) is 35.4 Å². The fourth-order valence-corrected chi connectivity index (χ4v) is 3.06. The van der Waals surface area contributed by atoms with Crippen LogP contribution in [0.5, 0.6) is 0 Å². The van der Waals surface area contributed by atoms with Gasteiger partial charge in [0.25, 0.3) is 0 Å². The van der Waals surface area contributed by atoms with Crippen LogP contribution in [0.2, 0.25) is 0 Å². The predicted molar refractivity (Wildman–Crippen MR) is 74.1 cm³/mol. The summed E-state index contributed by atoms with van der Waals surface area (Å²) in [6, 6.07) is 2.76. The number of rotatable bonds is 5. The second kappa shape index (κ2) is 6.35. The third-order valence-electron chi connectivity index (χ3n) is 3.46. The van der Waals surface area contributed by atoms with E-state index in [1.54, 1.807) is 4.90 Å².